The number of likely N-dealkylation sites (tertiary alicyclic amines) is 1. The molecule has 156 valence electrons. The van der Waals surface area contributed by atoms with E-state index in [4.69, 9.17) is 4.74 Å². The summed E-state index contributed by atoms with van der Waals surface area (Å²) in [7, 11) is 2.17. The molecule has 30 heavy (non-hydrogen) atoms. The van der Waals surface area contributed by atoms with Crippen molar-refractivity contribution in [3.63, 3.8) is 0 Å². The Labute approximate surface area is 175 Å². The Morgan fingerprint density at radius 1 is 1.07 bits per heavy atom. The number of nitrogens with zero attached hydrogens (tertiary/aromatic N) is 5. The van der Waals surface area contributed by atoms with E-state index >= 15 is 0 Å². The van der Waals surface area contributed by atoms with Crippen molar-refractivity contribution >= 4 is 0 Å². The van der Waals surface area contributed by atoms with Gasteiger partial charge in [-0.15, -0.1) is 5.10 Å². The average molecular weight is 406 g/mol. The van der Waals surface area contributed by atoms with E-state index in [0.29, 0.717) is 37.2 Å². The molecule has 2 bridgehead atoms. The van der Waals surface area contributed by atoms with Gasteiger partial charge in [-0.25, -0.2) is 4.68 Å². The zero-order chi connectivity index (χ0) is 20.5. The number of aromatic nitrogens is 4. The Morgan fingerprint density at radius 2 is 1.93 bits per heavy atom. The highest BCUT2D eigenvalue weighted by Gasteiger charge is 2.33. The standard InChI is InChI=1S/C23H27N5O2/c1-26-10-18-9-20(13-26)22-8-7-19(23(29)28(22)12-18)15-30-16-21-14-27(25-24-21)11-17-5-3-2-4-6-17/h2-8,14,18,20H,9-13,15-16H2,1H3/t18-,20+/m0/s1. The summed E-state index contributed by atoms with van der Waals surface area (Å²) in [5, 5.41) is 8.35. The summed E-state index contributed by atoms with van der Waals surface area (Å²) in [5.74, 6) is 1.03. The van der Waals surface area contributed by atoms with E-state index in [0.717, 1.165) is 25.3 Å². The smallest absolute Gasteiger partial charge is 0.256 e. The molecule has 1 fully saturated rings. The van der Waals surface area contributed by atoms with Gasteiger partial charge in [-0.2, -0.15) is 0 Å². The lowest BCUT2D eigenvalue weighted by molar-refractivity contribution is 0.102. The maximum Gasteiger partial charge on any atom is 0.256 e. The molecule has 2 aliphatic rings. The summed E-state index contributed by atoms with van der Waals surface area (Å²) in [6.07, 6.45) is 3.09. The lowest BCUT2D eigenvalue weighted by Gasteiger charge is -2.41. The molecule has 5 rings (SSSR count). The van der Waals surface area contributed by atoms with Crippen molar-refractivity contribution in [1.29, 1.82) is 0 Å². The number of hydrogen-bond acceptors (Lipinski definition) is 5. The van der Waals surface area contributed by atoms with Crippen LogP contribution in [0.1, 0.15) is 34.9 Å². The van der Waals surface area contributed by atoms with E-state index < -0.39 is 0 Å². The highest BCUT2D eigenvalue weighted by molar-refractivity contribution is 5.22. The molecular weight excluding hydrogens is 378 g/mol. The highest BCUT2D eigenvalue weighted by atomic mass is 16.5. The van der Waals surface area contributed by atoms with Crippen molar-refractivity contribution in [2.75, 3.05) is 20.1 Å². The van der Waals surface area contributed by atoms with Crippen LogP contribution >= 0.6 is 0 Å². The molecule has 1 saturated heterocycles. The molecular formula is C23H27N5O2. The van der Waals surface area contributed by atoms with Gasteiger partial charge < -0.3 is 14.2 Å². The van der Waals surface area contributed by atoms with Crippen molar-refractivity contribution < 1.29 is 4.74 Å². The average Bonchev–Trinajstić information content (AvgIpc) is 3.18. The van der Waals surface area contributed by atoms with Gasteiger partial charge >= 0.3 is 0 Å². The van der Waals surface area contributed by atoms with Gasteiger partial charge in [0.15, 0.2) is 0 Å². The van der Waals surface area contributed by atoms with E-state index in [2.05, 4.69) is 40.5 Å². The largest absolute Gasteiger partial charge is 0.370 e. The topological polar surface area (TPSA) is 65.2 Å². The lowest BCUT2D eigenvalue weighted by atomic mass is 9.83. The first kappa shape index (κ1) is 19.2. The van der Waals surface area contributed by atoms with Crippen LogP contribution in [0.2, 0.25) is 0 Å². The third-order valence-electron chi connectivity index (χ3n) is 6.15. The van der Waals surface area contributed by atoms with Gasteiger partial charge in [0.25, 0.3) is 5.56 Å². The molecule has 0 aliphatic carbocycles. The van der Waals surface area contributed by atoms with Crippen LogP contribution in [0.15, 0.2) is 53.5 Å². The molecule has 3 aromatic rings. The number of rotatable bonds is 6. The first-order valence-corrected chi connectivity index (χ1v) is 10.6. The SMILES string of the molecule is CN1C[C@@H]2C[C@H](C1)c1ccc(COCc3cn(Cc4ccccc4)nn3)c(=O)n1C2. The second-order valence-electron chi connectivity index (χ2n) is 8.60. The zero-order valence-electron chi connectivity index (χ0n) is 17.3. The summed E-state index contributed by atoms with van der Waals surface area (Å²) in [4.78, 5) is 15.4. The van der Waals surface area contributed by atoms with Crippen LogP contribution in [0.5, 0.6) is 0 Å². The molecule has 0 saturated carbocycles. The molecule has 0 radical (unpaired) electrons. The predicted octanol–water partition coefficient (Wildman–Crippen LogP) is 2.25. The number of fused-ring (bicyclic) bond motifs is 4. The maximum atomic E-state index is 13.0. The van der Waals surface area contributed by atoms with Crippen LogP contribution in [-0.2, 0) is 31.0 Å². The Morgan fingerprint density at radius 3 is 2.80 bits per heavy atom. The fourth-order valence-electron chi connectivity index (χ4n) is 4.86. The Balaban J connectivity index is 1.22. The minimum absolute atomic E-state index is 0.0967. The van der Waals surface area contributed by atoms with E-state index in [9.17, 15) is 4.79 Å². The summed E-state index contributed by atoms with van der Waals surface area (Å²) in [6.45, 7) is 4.23. The van der Waals surface area contributed by atoms with E-state index in [-0.39, 0.29) is 5.56 Å². The van der Waals surface area contributed by atoms with E-state index in [1.54, 1.807) is 4.68 Å². The normalized spacial score (nSPS) is 20.8. The third kappa shape index (κ3) is 3.95. The van der Waals surface area contributed by atoms with E-state index in [1.807, 2.05) is 35.0 Å². The van der Waals surface area contributed by atoms with Crippen LogP contribution in [0.25, 0.3) is 0 Å². The summed E-state index contributed by atoms with van der Waals surface area (Å²) in [6, 6.07) is 14.2. The van der Waals surface area contributed by atoms with E-state index in [1.165, 1.54) is 17.7 Å². The van der Waals surface area contributed by atoms with Gasteiger partial charge in [0.05, 0.1) is 26.0 Å². The number of pyridine rings is 1. The molecule has 2 aromatic heterocycles. The molecule has 4 heterocycles. The van der Waals surface area contributed by atoms with Crippen molar-refractivity contribution in [3.8, 4) is 0 Å². The quantitative estimate of drug-likeness (QED) is 0.629. The van der Waals surface area contributed by atoms with Crippen LogP contribution in [0.3, 0.4) is 0 Å². The molecule has 7 heteroatoms. The molecule has 2 atom stereocenters. The van der Waals surface area contributed by atoms with Crippen LogP contribution in [0.4, 0.5) is 0 Å². The minimum atomic E-state index is 0.0967. The van der Waals surface area contributed by atoms with Gasteiger partial charge in [0, 0.05) is 36.8 Å². The minimum Gasteiger partial charge on any atom is -0.370 e. The van der Waals surface area contributed by atoms with Crippen molar-refractivity contribution in [1.82, 2.24) is 24.5 Å². The maximum absolute atomic E-state index is 13.0. The first-order valence-electron chi connectivity index (χ1n) is 10.6. The fourth-order valence-corrected chi connectivity index (χ4v) is 4.86. The monoisotopic (exact) mass is 405 g/mol. The Bertz CT molecular complexity index is 1070. The number of ether oxygens (including phenoxy) is 1. The van der Waals surface area contributed by atoms with Gasteiger partial charge in [0.2, 0.25) is 0 Å². The molecule has 0 unspecified atom stereocenters. The van der Waals surface area contributed by atoms with Crippen molar-refractivity contribution in [2.45, 2.75) is 38.6 Å². The van der Waals surface area contributed by atoms with Gasteiger partial charge in [-0.1, -0.05) is 35.5 Å². The highest BCUT2D eigenvalue weighted by Crippen LogP contribution is 2.34. The zero-order valence-corrected chi connectivity index (χ0v) is 17.3. The molecule has 2 aliphatic heterocycles. The lowest BCUT2D eigenvalue weighted by Crippen LogP contribution is -2.46. The molecule has 0 spiro atoms. The second-order valence-corrected chi connectivity index (χ2v) is 8.60. The van der Waals surface area contributed by atoms with Gasteiger partial charge in [0.1, 0.15) is 5.69 Å². The molecule has 1 aromatic carbocycles. The fraction of sp³-hybridized carbons (Fsp3) is 0.435. The Kier molecular flexibility index (Phi) is 5.23. The second kappa shape index (κ2) is 8.16. The first-order chi connectivity index (χ1) is 14.7. The third-order valence-corrected chi connectivity index (χ3v) is 6.15. The van der Waals surface area contributed by atoms with Crippen molar-refractivity contribution in [2.24, 2.45) is 5.92 Å². The Hall–Kier alpha value is -2.77. The molecule has 0 N–H and O–H groups in total. The number of likely N-dealkylation sites (N-methyl/N-ethyl adjacent to an activating group) is 1. The molecule has 0 amide bonds. The summed E-state index contributed by atoms with van der Waals surface area (Å²) >= 11 is 0. The van der Waals surface area contributed by atoms with Crippen LogP contribution in [0, 0.1) is 5.92 Å². The van der Waals surface area contributed by atoms with Gasteiger partial charge in [-0.05, 0) is 37.1 Å². The van der Waals surface area contributed by atoms with Crippen molar-refractivity contribution in [3.05, 3.63) is 81.5 Å². The van der Waals surface area contributed by atoms with Crippen LogP contribution in [-0.4, -0.2) is 44.6 Å². The number of benzene rings is 1. The summed E-state index contributed by atoms with van der Waals surface area (Å²) < 4.78 is 9.60. The predicted molar refractivity (Wildman–Crippen MR) is 113 cm³/mol. The van der Waals surface area contributed by atoms with Gasteiger partial charge in [-0.3, -0.25) is 4.79 Å². The molecule has 7 nitrogen and oxygen atoms in total. The summed E-state index contributed by atoms with van der Waals surface area (Å²) in [5.41, 5.74) is 3.92. The van der Waals surface area contributed by atoms with Crippen LogP contribution < -0.4 is 5.56 Å². The number of hydrogen-bond donors (Lipinski definition) is 0. The number of piperidine rings is 1.